The molecule has 0 saturated heterocycles. The maximum absolute atomic E-state index is 9.80. The van der Waals surface area contributed by atoms with Gasteiger partial charge in [-0.05, 0) is 32.3 Å². The smallest absolute Gasteiger partial charge is 0.120 e. The number of phenols is 1. The van der Waals surface area contributed by atoms with Gasteiger partial charge in [0.2, 0.25) is 0 Å². The first kappa shape index (κ1) is 15.0. The van der Waals surface area contributed by atoms with Gasteiger partial charge in [0.05, 0.1) is 0 Å². The van der Waals surface area contributed by atoms with Crippen molar-refractivity contribution in [2.75, 3.05) is 0 Å². The third-order valence-electron chi connectivity index (χ3n) is 3.36. The molecule has 1 aromatic rings. The highest BCUT2D eigenvalue weighted by molar-refractivity contribution is 5.34. The minimum absolute atomic E-state index is 0.195. The summed E-state index contributed by atoms with van der Waals surface area (Å²) >= 11 is 0. The second-order valence-electron chi connectivity index (χ2n) is 5.67. The largest absolute Gasteiger partial charge is 0.508 e. The van der Waals surface area contributed by atoms with Crippen LogP contribution in [0.3, 0.4) is 0 Å². The Labute approximate surface area is 111 Å². The SMILES string of the molecule is CC(C)CCCC(C)NC(C)c1ccccc1O. The zero-order chi connectivity index (χ0) is 13.5. The van der Waals surface area contributed by atoms with Gasteiger partial charge < -0.3 is 10.4 Å². The van der Waals surface area contributed by atoms with Gasteiger partial charge in [-0.3, -0.25) is 0 Å². The van der Waals surface area contributed by atoms with Crippen molar-refractivity contribution in [1.29, 1.82) is 0 Å². The quantitative estimate of drug-likeness (QED) is 0.757. The molecule has 0 aliphatic rings. The van der Waals surface area contributed by atoms with E-state index < -0.39 is 0 Å². The maximum Gasteiger partial charge on any atom is 0.120 e. The first-order valence-electron chi connectivity index (χ1n) is 7.04. The van der Waals surface area contributed by atoms with Gasteiger partial charge >= 0.3 is 0 Å². The third-order valence-corrected chi connectivity index (χ3v) is 3.36. The molecule has 0 aromatic heterocycles. The first-order valence-corrected chi connectivity index (χ1v) is 7.04. The molecule has 0 radical (unpaired) electrons. The maximum atomic E-state index is 9.80. The molecule has 0 saturated carbocycles. The minimum Gasteiger partial charge on any atom is -0.508 e. The van der Waals surface area contributed by atoms with Crippen LogP contribution in [0.25, 0.3) is 0 Å². The van der Waals surface area contributed by atoms with E-state index in [1.54, 1.807) is 6.07 Å². The van der Waals surface area contributed by atoms with Crippen LogP contribution in [0.5, 0.6) is 5.75 Å². The van der Waals surface area contributed by atoms with Crippen molar-refractivity contribution >= 4 is 0 Å². The highest BCUT2D eigenvalue weighted by atomic mass is 16.3. The molecule has 0 aliphatic carbocycles. The molecule has 0 amide bonds. The second-order valence-corrected chi connectivity index (χ2v) is 5.67. The summed E-state index contributed by atoms with van der Waals surface area (Å²) in [4.78, 5) is 0. The number of aromatic hydroxyl groups is 1. The molecule has 2 unspecified atom stereocenters. The van der Waals surface area contributed by atoms with Crippen LogP contribution < -0.4 is 5.32 Å². The molecule has 2 atom stereocenters. The van der Waals surface area contributed by atoms with Gasteiger partial charge in [0.15, 0.2) is 0 Å². The summed E-state index contributed by atoms with van der Waals surface area (Å²) in [5, 5.41) is 13.4. The van der Waals surface area contributed by atoms with Crippen molar-refractivity contribution in [1.82, 2.24) is 5.32 Å². The van der Waals surface area contributed by atoms with E-state index in [2.05, 4.69) is 33.0 Å². The lowest BCUT2D eigenvalue weighted by atomic mass is 10.0. The van der Waals surface area contributed by atoms with Gasteiger partial charge in [-0.15, -0.1) is 0 Å². The van der Waals surface area contributed by atoms with Crippen LogP contribution >= 0.6 is 0 Å². The first-order chi connectivity index (χ1) is 8.50. The molecule has 2 N–H and O–H groups in total. The fourth-order valence-electron chi connectivity index (χ4n) is 2.29. The lowest BCUT2D eigenvalue weighted by Crippen LogP contribution is -2.28. The Bertz CT molecular complexity index is 349. The van der Waals surface area contributed by atoms with Gasteiger partial charge in [-0.25, -0.2) is 0 Å². The van der Waals surface area contributed by atoms with E-state index in [0.717, 1.165) is 11.5 Å². The number of rotatable bonds is 7. The second kappa shape index (κ2) is 7.42. The predicted molar refractivity (Wildman–Crippen MR) is 77.8 cm³/mol. The van der Waals surface area contributed by atoms with Crippen molar-refractivity contribution in [3.63, 3.8) is 0 Å². The van der Waals surface area contributed by atoms with Crippen molar-refractivity contribution in [2.45, 2.75) is 59.0 Å². The van der Waals surface area contributed by atoms with E-state index in [-0.39, 0.29) is 6.04 Å². The van der Waals surface area contributed by atoms with Crippen molar-refractivity contribution in [3.8, 4) is 5.75 Å². The average Bonchev–Trinajstić information content (AvgIpc) is 2.28. The average molecular weight is 249 g/mol. The van der Waals surface area contributed by atoms with Gasteiger partial charge in [0.25, 0.3) is 0 Å². The summed E-state index contributed by atoms with van der Waals surface area (Å²) in [5.74, 6) is 1.17. The van der Waals surface area contributed by atoms with E-state index >= 15 is 0 Å². The lowest BCUT2D eigenvalue weighted by Gasteiger charge is -2.21. The molecule has 2 heteroatoms. The van der Waals surface area contributed by atoms with Crippen molar-refractivity contribution in [3.05, 3.63) is 29.8 Å². The zero-order valence-electron chi connectivity index (χ0n) is 12.1. The zero-order valence-corrected chi connectivity index (χ0v) is 12.1. The van der Waals surface area contributed by atoms with Crippen LogP contribution in [0.1, 0.15) is 58.6 Å². The van der Waals surface area contributed by atoms with Crippen LogP contribution in [0.4, 0.5) is 0 Å². The fraction of sp³-hybridized carbons (Fsp3) is 0.625. The molecular formula is C16H27NO. The van der Waals surface area contributed by atoms with Crippen molar-refractivity contribution in [2.24, 2.45) is 5.92 Å². The summed E-state index contributed by atoms with van der Waals surface area (Å²) in [7, 11) is 0. The van der Waals surface area contributed by atoms with Gasteiger partial charge in [0, 0.05) is 17.6 Å². The topological polar surface area (TPSA) is 32.3 Å². The van der Waals surface area contributed by atoms with Gasteiger partial charge in [-0.2, -0.15) is 0 Å². The Kier molecular flexibility index (Phi) is 6.20. The number of hydrogen-bond acceptors (Lipinski definition) is 2. The molecule has 1 aromatic carbocycles. The minimum atomic E-state index is 0.195. The normalized spacial score (nSPS) is 14.7. The molecule has 0 bridgehead atoms. The lowest BCUT2D eigenvalue weighted by molar-refractivity contribution is 0.408. The van der Waals surface area contributed by atoms with E-state index in [9.17, 15) is 5.11 Å². The molecule has 0 fully saturated rings. The van der Waals surface area contributed by atoms with Crippen molar-refractivity contribution < 1.29 is 5.11 Å². The number of para-hydroxylation sites is 1. The number of benzene rings is 1. The van der Waals surface area contributed by atoms with E-state index in [1.165, 1.54) is 19.3 Å². The molecule has 2 nitrogen and oxygen atoms in total. The number of hydrogen-bond donors (Lipinski definition) is 2. The summed E-state index contributed by atoms with van der Waals surface area (Å²) in [6.07, 6.45) is 3.74. The Morgan fingerprint density at radius 1 is 1.06 bits per heavy atom. The molecule has 0 aliphatic heterocycles. The summed E-state index contributed by atoms with van der Waals surface area (Å²) < 4.78 is 0. The van der Waals surface area contributed by atoms with Crippen LogP contribution in [-0.4, -0.2) is 11.1 Å². The monoisotopic (exact) mass is 249 g/mol. The number of phenolic OH excluding ortho intramolecular Hbond substituents is 1. The van der Waals surface area contributed by atoms with Gasteiger partial charge in [-0.1, -0.05) is 44.9 Å². The summed E-state index contributed by atoms with van der Waals surface area (Å²) in [6.45, 7) is 8.86. The van der Waals surface area contributed by atoms with Crippen LogP contribution in [0.2, 0.25) is 0 Å². The Hall–Kier alpha value is -1.02. The van der Waals surface area contributed by atoms with E-state index in [0.29, 0.717) is 11.8 Å². The highest BCUT2D eigenvalue weighted by Crippen LogP contribution is 2.23. The Morgan fingerprint density at radius 2 is 1.72 bits per heavy atom. The predicted octanol–water partition coefficient (Wildman–Crippen LogP) is 4.26. The Morgan fingerprint density at radius 3 is 2.33 bits per heavy atom. The number of nitrogens with one attached hydrogen (secondary N) is 1. The third kappa shape index (κ3) is 5.09. The highest BCUT2D eigenvalue weighted by Gasteiger charge is 2.12. The van der Waals surface area contributed by atoms with E-state index in [1.807, 2.05) is 18.2 Å². The standard InChI is InChI=1S/C16H27NO/c1-12(2)8-7-9-13(3)17-14(4)15-10-5-6-11-16(15)18/h5-6,10-14,17-18H,7-9H2,1-4H3. The van der Waals surface area contributed by atoms with Crippen LogP contribution in [0, 0.1) is 5.92 Å². The van der Waals surface area contributed by atoms with Crippen LogP contribution in [0.15, 0.2) is 24.3 Å². The molecule has 1 rings (SSSR count). The van der Waals surface area contributed by atoms with E-state index in [4.69, 9.17) is 0 Å². The molecular weight excluding hydrogens is 222 g/mol. The molecule has 18 heavy (non-hydrogen) atoms. The fourth-order valence-corrected chi connectivity index (χ4v) is 2.29. The molecule has 102 valence electrons. The molecule has 0 heterocycles. The van der Waals surface area contributed by atoms with Gasteiger partial charge in [0.1, 0.15) is 5.75 Å². The summed E-state index contributed by atoms with van der Waals surface area (Å²) in [6, 6.07) is 8.23. The van der Waals surface area contributed by atoms with Crippen LogP contribution in [-0.2, 0) is 0 Å². The Balaban J connectivity index is 2.40. The molecule has 0 spiro atoms. The summed E-state index contributed by atoms with van der Waals surface area (Å²) in [5.41, 5.74) is 0.980.